The van der Waals surface area contributed by atoms with Crippen molar-refractivity contribution < 1.29 is 9.90 Å². The van der Waals surface area contributed by atoms with Gasteiger partial charge in [0.25, 0.3) is 0 Å². The molecule has 0 aromatic carbocycles. The van der Waals surface area contributed by atoms with E-state index < -0.39 is 12.1 Å². The Morgan fingerprint density at radius 1 is 1.62 bits per heavy atom. The molecule has 3 unspecified atom stereocenters. The number of aliphatic hydroxyl groups excluding tert-OH is 1. The molecule has 90 valence electrons. The van der Waals surface area contributed by atoms with Crippen molar-refractivity contribution in [1.29, 1.82) is 0 Å². The third kappa shape index (κ3) is 3.92. The molecule has 0 spiro atoms. The van der Waals surface area contributed by atoms with Crippen LogP contribution < -0.4 is 11.1 Å². The molecule has 1 amide bonds. The van der Waals surface area contributed by atoms with Crippen LogP contribution in [0.15, 0.2) is 17.5 Å². The van der Waals surface area contributed by atoms with E-state index in [2.05, 4.69) is 5.32 Å². The zero-order chi connectivity index (χ0) is 12.1. The Bertz CT molecular complexity index is 325. The maximum Gasteiger partial charge on any atom is 0.242 e. The smallest absolute Gasteiger partial charge is 0.242 e. The van der Waals surface area contributed by atoms with Gasteiger partial charge in [0.1, 0.15) is 6.04 Å². The van der Waals surface area contributed by atoms with Gasteiger partial charge in [-0.15, -0.1) is 11.3 Å². The van der Waals surface area contributed by atoms with Gasteiger partial charge in [0.15, 0.2) is 0 Å². The van der Waals surface area contributed by atoms with Crippen LogP contribution in [0.4, 0.5) is 0 Å². The van der Waals surface area contributed by atoms with Crippen molar-refractivity contribution >= 4 is 17.2 Å². The molecule has 1 aromatic rings. The maximum absolute atomic E-state index is 11.7. The molecule has 0 fully saturated rings. The summed E-state index contributed by atoms with van der Waals surface area (Å²) in [6, 6.07) is 3.02. The first kappa shape index (κ1) is 13.2. The first-order chi connectivity index (χ1) is 7.50. The number of nitrogens with one attached hydrogen (secondary N) is 1. The first-order valence-corrected chi connectivity index (χ1v) is 6.16. The highest BCUT2D eigenvalue weighted by Gasteiger charge is 2.18. The summed E-state index contributed by atoms with van der Waals surface area (Å²) < 4.78 is 0. The Hall–Kier alpha value is -0.910. The van der Waals surface area contributed by atoms with Crippen molar-refractivity contribution in [3.8, 4) is 0 Å². The zero-order valence-corrected chi connectivity index (χ0v) is 10.3. The highest BCUT2D eigenvalue weighted by Crippen LogP contribution is 2.16. The number of rotatable bonds is 5. The van der Waals surface area contributed by atoms with Gasteiger partial charge in [0.2, 0.25) is 5.91 Å². The third-order valence-corrected chi connectivity index (χ3v) is 3.17. The molecule has 0 saturated carbocycles. The predicted octanol–water partition coefficient (Wildman–Crippen LogP) is 1.02. The van der Waals surface area contributed by atoms with E-state index in [9.17, 15) is 9.90 Å². The van der Waals surface area contributed by atoms with Crippen molar-refractivity contribution in [3.05, 3.63) is 22.4 Å². The van der Waals surface area contributed by atoms with E-state index in [4.69, 9.17) is 5.73 Å². The Balaban J connectivity index is 2.46. The highest BCUT2D eigenvalue weighted by atomic mass is 32.1. The van der Waals surface area contributed by atoms with Gasteiger partial charge in [-0.3, -0.25) is 4.79 Å². The molecule has 0 aliphatic carbocycles. The maximum atomic E-state index is 11.7. The monoisotopic (exact) mass is 242 g/mol. The molecule has 0 aliphatic rings. The third-order valence-electron chi connectivity index (χ3n) is 2.22. The van der Waals surface area contributed by atoms with Crippen LogP contribution in [0.3, 0.4) is 0 Å². The highest BCUT2D eigenvalue weighted by molar-refractivity contribution is 7.10. The average molecular weight is 242 g/mol. The zero-order valence-electron chi connectivity index (χ0n) is 9.51. The average Bonchev–Trinajstić information content (AvgIpc) is 2.67. The molecule has 1 rings (SSSR count). The fourth-order valence-electron chi connectivity index (χ4n) is 1.50. The molecule has 0 radical (unpaired) electrons. The summed E-state index contributed by atoms with van der Waals surface area (Å²) in [5.74, 6) is -0.199. The summed E-state index contributed by atoms with van der Waals surface area (Å²) in [7, 11) is 0. The number of aliphatic hydroxyl groups is 1. The SMILES string of the molecule is CC(O)CC(C)NC(=O)C(N)c1cccs1. The first-order valence-electron chi connectivity index (χ1n) is 5.28. The number of nitrogens with two attached hydrogens (primary N) is 1. The summed E-state index contributed by atoms with van der Waals surface area (Å²) in [6.07, 6.45) is 0.108. The molecule has 5 heteroatoms. The van der Waals surface area contributed by atoms with E-state index in [-0.39, 0.29) is 11.9 Å². The number of hydrogen-bond acceptors (Lipinski definition) is 4. The summed E-state index contributed by atoms with van der Waals surface area (Å²) in [6.45, 7) is 3.55. The lowest BCUT2D eigenvalue weighted by Crippen LogP contribution is -2.40. The minimum absolute atomic E-state index is 0.0708. The topological polar surface area (TPSA) is 75.3 Å². The molecule has 3 atom stereocenters. The van der Waals surface area contributed by atoms with Crippen LogP contribution >= 0.6 is 11.3 Å². The Morgan fingerprint density at radius 2 is 2.31 bits per heavy atom. The molecule has 0 saturated heterocycles. The Labute approximate surface area is 99.5 Å². The van der Waals surface area contributed by atoms with Crippen LogP contribution in [0.2, 0.25) is 0 Å². The fraction of sp³-hybridized carbons (Fsp3) is 0.545. The largest absolute Gasteiger partial charge is 0.393 e. The van der Waals surface area contributed by atoms with Gasteiger partial charge >= 0.3 is 0 Å². The van der Waals surface area contributed by atoms with Gasteiger partial charge in [-0.2, -0.15) is 0 Å². The van der Waals surface area contributed by atoms with Gasteiger partial charge < -0.3 is 16.2 Å². The molecule has 4 N–H and O–H groups in total. The lowest BCUT2D eigenvalue weighted by atomic mass is 10.1. The van der Waals surface area contributed by atoms with E-state index in [0.29, 0.717) is 6.42 Å². The normalized spacial score (nSPS) is 16.5. The second kappa shape index (κ2) is 5.98. The number of carbonyl (C=O) groups excluding carboxylic acids is 1. The second-order valence-electron chi connectivity index (χ2n) is 3.99. The van der Waals surface area contributed by atoms with Gasteiger partial charge in [-0.25, -0.2) is 0 Å². The molecular formula is C11H18N2O2S. The van der Waals surface area contributed by atoms with Crippen LogP contribution in [-0.2, 0) is 4.79 Å². The summed E-state index contributed by atoms with van der Waals surface area (Å²) >= 11 is 1.47. The summed E-state index contributed by atoms with van der Waals surface area (Å²) in [5, 5.41) is 13.9. The number of hydrogen-bond donors (Lipinski definition) is 3. The van der Waals surface area contributed by atoms with Crippen molar-refractivity contribution in [3.63, 3.8) is 0 Å². The summed E-state index contributed by atoms with van der Waals surface area (Å²) in [4.78, 5) is 12.6. The van der Waals surface area contributed by atoms with E-state index in [1.165, 1.54) is 11.3 Å². The van der Waals surface area contributed by atoms with Crippen LogP contribution in [-0.4, -0.2) is 23.2 Å². The van der Waals surface area contributed by atoms with E-state index in [1.54, 1.807) is 6.92 Å². The quantitative estimate of drug-likeness (QED) is 0.721. The minimum Gasteiger partial charge on any atom is -0.393 e. The van der Waals surface area contributed by atoms with Gasteiger partial charge in [0, 0.05) is 10.9 Å². The fourth-order valence-corrected chi connectivity index (χ4v) is 2.23. The van der Waals surface area contributed by atoms with Gasteiger partial charge in [-0.05, 0) is 31.7 Å². The molecule has 1 heterocycles. The standard InChI is InChI=1S/C11H18N2O2S/c1-7(6-8(2)14)13-11(15)10(12)9-4-3-5-16-9/h3-5,7-8,10,14H,6,12H2,1-2H3,(H,13,15). The molecular weight excluding hydrogens is 224 g/mol. The van der Waals surface area contributed by atoms with Crippen molar-refractivity contribution in [1.82, 2.24) is 5.32 Å². The van der Waals surface area contributed by atoms with Crippen molar-refractivity contribution in [2.45, 2.75) is 38.5 Å². The van der Waals surface area contributed by atoms with E-state index in [0.717, 1.165) is 4.88 Å². The van der Waals surface area contributed by atoms with Crippen molar-refractivity contribution in [2.24, 2.45) is 5.73 Å². The molecule has 0 aliphatic heterocycles. The minimum atomic E-state index is -0.614. The van der Waals surface area contributed by atoms with Crippen molar-refractivity contribution in [2.75, 3.05) is 0 Å². The van der Waals surface area contributed by atoms with Crippen LogP contribution in [0.1, 0.15) is 31.2 Å². The lowest BCUT2D eigenvalue weighted by Gasteiger charge is -2.17. The molecule has 4 nitrogen and oxygen atoms in total. The molecule has 0 bridgehead atoms. The van der Waals surface area contributed by atoms with Gasteiger partial charge in [-0.1, -0.05) is 6.07 Å². The van der Waals surface area contributed by atoms with Gasteiger partial charge in [0.05, 0.1) is 6.10 Å². The van der Waals surface area contributed by atoms with Crippen LogP contribution in [0, 0.1) is 0 Å². The lowest BCUT2D eigenvalue weighted by molar-refractivity contribution is -0.123. The Morgan fingerprint density at radius 3 is 2.81 bits per heavy atom. The summed E-state index contributed by atoms with van der Waals surface area (Å²) in [5.41, 5.74) is 5.80. The van der Waals surface area contributed by atoms with E-state index in [1.807, 2.05) is 24.4 Å². The second-order valence-corrected chi connectivity index (χ2v) is 4.97. The predicted molar refractivity (Wildman–Crippen MR) is 65.1 cm³/mol. The van der Waals surface area contributed by atoms with Crippen LogP contribution in [0.25, 0.3) is 0 Å². The molecule has 16 heavy (non-hydrogen) atoms. The number of thiophene rings is 1. The number of carbonyl (C=O) groups is 1. The van der Waals surface area contributed by atoms with Crippen LogP contribution in [0.5, 0.6) is 0 Å². The molecule has 1 aromatic heterocycles. The van der Waals surface area contributed by atoms with E-state index >= 15 is 0 Å². The Kier molecular flexibility index (Phi) is 4.92. The number of amides is 1.